The molecule has 222 valence electrons. The molecule has 4 aliphatic rings. The van der Waals surface area contributed by atoms with Crippen molar-refractivity contribution in [3.8, 4) is 34.5 Å². The van der Waals surface area contributed by atoms with Crippen LogP contribution in [0.4, 0.5) is 0 Å². The Bertz CT molecular complexity index is 1300. The molecule has 2 aromatic carbocycles. The standard InChI is InChI=1S/C28H32O13/c1-34-15-5-11(6-16(35-2)25(15)36-3)19-13-7-17-26(39-10-38-17)24(14(13)4-12-9-37-27(33)20(12)19)41-28-23(32)22(31)21(30)18(8-29)40-28/h5-7,12,18-23,28-32H,4,8-10H2,1-3H3/t12-,18+,19+,20+,21+,22-,23+,28-/m0/s1. The lowest BCUT2D eigenvalue weighted by Crippen LogP contribution is -2.60. The third-order valence-electron chi connectivity index (χ3n) is 8.27. The van der Waals surface area contributed by atoms with E-state index in [1.165, 1.54) is 21.3 Å². The lowest BCUT2D eigenvalue weighted by molar-refractivity contribution is -0.277. The molecule has 0 radical (unpaired) electrons. The van der Waals surface area contributed by atoms with Crippen LogP contribution in [-0.2, 0) is 20.7 Å². The summed E-state index contributed by atoms with van der Waals surface area (Å²) in [5.74, 6) is 0.409. The first-order chi connectivity index (χ1) is 19.8. The smallest absolute Gasteiger partial charge is 0.310 e. The molecule has 8 atom stereocenters. The van der Waals surface area contributed by atoms with Crippen LogP contribution in [-0.4, -0.2) is 98.4 Å². The number of fused-ring (bicyclic) bond motifs is 3. The monoisotopic (exact) mass is 576 g/mol. The van der Waals surface area contributed by atoms with Crippen molar-refractivity contribution in [3.63, 3.8) is 0 Å². The molecule has 6 rings (SSSR count). The van der Waals surface area contributed by atoms with Crippen molar-refractivity contribution in [1.29, 1.82) is 0 Å². The first-order valence-electron chi connectivity index (χ1n) is 13.2. The van der Waals surface area contributed by atoms with Crippen LogP contribution >= 0.6 is 0 Å². The third-order valence-corrected chi connectivity index (χ3v) is 8.27. The van der Waals surface area contributed by atoms with E-state index in [1.807, 2.05) is 0 Å². The van der Waals surface area contributed by atoms with E-state index in [9.17, 15) is 25.2 Å². The fourth-order valence-electron chi connectivity index (χ4n) is 6.26. The van der Waals surface area contributed by atoms with E-state index in [1.54, 1.807) is 18.2 Å². The highest BCUT2D eigenvalue weighted by molar-refractivity contribution is 5.79. The van der Waals surface area contributed by atoms with Crippen molar-refractivity contribution < 1.29 is 63.1 Å². The van der Waals surface area contributed by atoms with Crippen molar-refractivity contribution in [2.24, 2.45) is 11.8 Å². The van der Waals surface area contributed by atoms with Gasteiger partial charge in [0.05, 0.1) is 40.5 Å². The first kappa shape index (κ1) is 27.7. The third kappa shape index (κ3) is 4.39. The number of hydrogen-bond donors (Lipinski definition) is 4. The van der Waals surface area contributed by atoms with Crippen molar-refractivity contribution in [3.05, 3.63) is 34.9 Å². The molecule has 0 aromatic heterocycles. The Labute approximate surface area is 235 Å². The number of hydrogen-bond acceptors (Lipinski definition) is 13. The summed E-state index contributed by atoms with van der Waals surface area (Å²) in [6.45, 7) is -0.507. The molecule has 1 aliphatic carbocycles. The predicted molar refractivity (Wildman–Crippen MR) is 137 cm³/mol. The number of ether oxygens (including phenoxy) is 8. The molecule has 2 fully saturated rings. The molecule has 3 aliphatic heterocycles. The average Bonchev–Trinajstić information content (AvgIpc) is 3.61. The van der Waals surface area contributed by atoms with Gasteiger partial charge in [0, 0.05) is 17.4 Å². The van der Waals surface area contributed by atoms with Gasteiger partial charge in [-0.1, -0.05) is 0 Å². The normalized spacial score (nSPS) is 31.6. The number of carbonyl (C=O) groups excluding carboxylic acids is 1. The highest BCUT2D eigenvalue weighted by Gasteiger charge is 2.51. The Balaban J connectivity index is 1.51. The molecule has 41 heavy (non-hydrogen) atoms. The Morgan fingerprint density at radius 2 is 1.63 bits per heavy atom. The van der Waals surface area contributed by atoms with Crippen molar-refractivity contribution in [1.82, 2.24) is 0 Å². The maximum Gasteiger partial charge on any atom is 0.310 e. The molecule has 3 heterocycles. The Hall–Kier alpha value is -3.49. The number of benzene rings is 2. The maximum absolute atomic E-state index is 13.1. The van der Waals surface area contributed by atoms with Gasteiger partial charge in [0.1, 0.15) is 24.4 Å². The Morgan fingerprint density at radius 1 is 0.902 bits per heavy atom. The van der Waals surface area contributed by atoms with E-state index in [2.05, 4.69) is 0 Å². The number of esters is 1. The quantitative estimate of drug-likeness (QED) is 0.327. The second-order valence-corrected chi connectivity index (χ2v) is 10.4. The summed E-state index contributed by atoms with van der Waals surface area (Å²) in [5.41, 5.74) is 2.07. The molecule has 13 nitrogen and oxygen atoms in total. The van der Waals surface area contributed by atoms with E-state index in [0.29, 0.717) is 46.1 Å². The van der Waals surface area contributed by atoms with E-state index >= 15 is 0 Å². The summed E-state index contributed by atoms with van der Waals surface area (Å²) in [4.78, 5) is 13.1. The molecular formula is C28H32O13. The topological polar surface area (TPSA) is 172 Å². The van der Waals surface area contributed by atoms with Crippen LogP contribution in [0.5, 0.6) is 34.5 Å². The minimum Gasteiger partial charge on any atom is -0.493 e. The second kappa shape index (κ2) is 10.7. The van der Waals surface area contributed by atoms with Crippen LogP contribution in [0, 0.1) is 11.8 Å². The van der Waals surface area contributed by atoms with Crippen molar-refractivity contribution in [2.45, 2.75) is 43.0 Å². The van der Waals surface area contributed by atoms with Crippen molar-refractivity contribution in [2.75, 3.05) is 41.3 Å². The van der Waals surface area contributed by atoms with Crippen LogP contribution in [0.3, 0.4) is 0 Å². The molecular weight excluding hydrogens is 544 g/mol. The molecule has 13 heteroatoms. The first-order valence-corrected chi connectivity index (χ1v) is 13.2. The van der Waals surface area contributed by atoms with Gasteiger partial charge in [0.2, 0.25) is 24.6 Å². The number of cyclic esters (lactones) is 1. The Morgan fingerprint density at radius 3 is 2.29 bits per heavy atom. The number of rotatable bonds is 7. The summed E-state index contributed by atoms with van der Waals surface area (Å²) in [7, 11) is 4.52. The van der Waals surface area contributed by atoms with Gasteiger partial charge in [-0.2, -0.15) is 0 Å². The molecule has 2 saturated heterocycles. The van der Waals surface area contributed by atoms with Gasteiger partial charge < -0.3 is 58.3 Å². The van der Waals surface area contributed by atoms with Crippen LogP contribution in [0.2, 0.25) is 0 Å². The second-order valence-electron chi connectivity index (χ2n) is 10.4. The minimum atomic E-state index is -1.64. The molecule has 0 unspecified atom stereocenters. The van der Waals surface area contributed by atoms with Crippen LogP contribution < -0.4 is 28.4 Å². The number of methoxy groups -OCH3 is 3. The molecule has 0 amide bonds. The van der Waals surface area contributed by atoms with Crippen LogP contribution in [0.1, 0.15) is 22.6 Å². The molecule has 0 bridgehead atoms. The van der Waals surface area contributed by atoms with Crippen LogP contribution in [0.15, 0.2) is 18.2 Å². The number of aliphatic hydroxyl groups is 4. The lowest BCUT2D eigenvalue weighted by atomic mass is 9.67. The highest BCUT2D eigenvalue weighted by Crippen LogP contribution is 2.56. The van der Waals surface area contributed by atoms with Gasteiger partial charge in [-0.15, -0.1) is 0 Å². The van der Waals surface area contributed by atoms with Gasteiger partial charge in [-0.25, -0.2) is 0 Å². The van der Waals surface area contributed by atoms with Gasteiger partial charge in [0.15, 0.2) is 23.0 Å². The average molecular weight is 577 g/mol. The number of aliphatic hydroxyl groups excluding tert-OH is 4. The molecule has 4 N–H and O–H groups in total. The molecule has 0 spiro atoms. The van der Waals surface area contributed by atoms with E-state index in [4.69, 9.17) is 37.9 Å². The maximum atomic E-state index is 13.1. The molecule has 2 aromatic rings. The fraction of sp³-hybridized carbons (Fsp3) is 0.536. The SMILES string of the molecule is COc1cc([C@@H]2c3cc4c(c(O[C@@H]5O[C@H](CO)[C@@H](O)[C@H](O)[C@H]5O)c3C[C@H]3COC(=O)[C@H]32)OCO4)cc(OC)c1OC. The zero-order chi connectivity index (χ0) is 29.0. The lowest BCUT2D eigenvalue weighted by Gasteiger charge is -2.40. The van der Waals surface area contributed by atoms with Crippen molar-refractivity contribution >= 4 is 5.97 Å². The van der Waals surface area contributed by atoms with Crippen LogP contribution in [0.25, 0.3) is 0 Å². The summed E-state index contributed by atoms with van der Waals surface area (Å²) in [5, 5.41) is 40.9. The summed E-state index contributed by atoms with van der Waals surface area (Å²) in [6.07, 6.45) is -7.06. The summed E-state index contributed by atoms with van der Waals surface area (Å²) < 4.78 is 45.5. The Kier molecular flexibility index (Phi) is 7.24. The zero-order valence-corrected chi connectivity index (χ0v) is 22.6. The zero-order valence-electron chi connectivity index (χ0n) is 22.6. The minimum absolute atomic E-state index is 0.0903. The largest absolute Gasteiger partial charge is 0.493 e. The van der Waals surface area contributed by atoms with E-state index in [-0.39, 0.29) is 36.8 Å². The molecule has 0 saturated carbocycles. The predicted octanol–water partition coefficient (Wildman–Crippen LogP) is 0.0970. The fourth-order valence-corrected chi connectivity index (χ4v) is 6.26. The van der Waals surface area contributed by atoms with Gasteiger partial charge in [0.25, 0.3) is 0 Å². The highest BCUT2D eigenvalue weighted by atomic mass is 16.7. The van der Waals surface area contributed by atoms with Gasteiger partial charge >= 0.3 is 5.97 Å². The number of carbonyl (C=O) groups is 1. The summed E-state index contributed by atoms with van der Waals surface area (Å²) in [6, 6.07) is 5.37. The van der Waals surface area contributed by atoms with E-state index < -0.39 is 49.1 Å². The van der Waals surface area contributed by atoms with E-state index in [0.717, 1.165) is 0 Å². The van der Waals surface area contributed by atoms with Gasteiger partial charge in [-0.05, 0) is 35.7 Å². The summed E-state index contributed by atoms with van der Waals surface area (Å²) >= 11 is 0. The van der Waals surface area contributed by atoms with Gasteiger partial charge in [-0.3, -0.25) is 4.79 Å².